The summed E-state index contributed by atoms with van der Waals surface area (Å²) in [4.78, 5) is 24.1. The molecule has 0 spiro atoms. The third-order valence-electron chi connectivity index (χ3n) is 4.32. The number of fused-ring (bicyclic) bond motifs is 1. The second-order valence-electron chi connectivity index (χ2n) is 6.05. The molecule has 1 heterocycles. The van der Waals surface area contributed by atoms with Crippen LogP contribution in [0.3, 0.4) is 0 Å². The van der Waals surface area contributed by atoms with Crippen molar-refractivity contribution in [1.82, 2.24) is 15.5 Å². The maximum Gasteiger partial charge on any atom is 0.272 e. The van der Waals surface area contributed by atoms with Gasteiger partial charge >= 0.3 is 0 Å². The van der Waals surface area contributed by atoms with Crippen LogP contribution in [0.4, 0.5) is 0 Å². The molecular weight excluding hydrogens is 374 g/mol. The lowest BCUT2D eigenvalue weighted by Gasteiger charge is -2.12. The molecule has 2 aromatic carbocycles. The number of carbonyl (C=O) groups excluding carboxylic acids is 1. The van der Waals surface area contributed by atoms with E-state index in [4.69, 9.17) is 14.2 Å². The summed E-state index contributed by atoms with van der Waals surface area (Å²) in [7, 11) is 4.58. The van der Waals surface area contributed by atoms with E-state index in [1.54, 1.807) is 36.4 Å². The van der Waals surface area contributed by atoms with Crippen molar-refractivity contribution in [2.75, 3.05) is 21.3 Å². The molecule has 0 aliphatic carbocycles. The summed E-state index contributed by atoms with van der Waals surface area (Å²) in [6, 6.07) is 10.6. The summed E-state index contributed by atoms with van der Waals surface area (Å²) in [6.07, 6.45) is 3.03. The molecular formula is C21H21N3O5. The van der Waals surface area contributed by atoms with Crippen LogP contribution in [0.1, 0.15) is 11.3 Å². The zero-order valence-electron chi connectivity index (χ0n) is 16.3. The van der Waals surface area contributed by atoms with E-state index in [2.05, 4.69) is 15.5 Å². The van der Waals surface area contributed by atoms with Gasteiger partial charge in [-0.2, -0.15) is 5.10 Å². The van der Waals surface area contributed by atoms with E-state index < -0.39 is 0 Å². The van der Waals surface area contributed by atoms with Crippen molar-refractivity contribution in [2.45, 2.75) is 6.54 Å². The van der Waals surface area contributed by atoms with Gasteiger partial charge in [0.25, 0.3) is 5.56 Å². The van der Waals surface area contributed by atoms with Gasteiger partial charge in [-0.1, -0.05) is 18.2 Å². The number of hydrogen-bond donors (Lipinski definition) is 2. The molecule has 0 radical (unpaired) electrons. The first-order valence-electron chi connectivity index (χ1n) is 8.79. The van der Waals surface area contributed by atoms with Crippen LogP contribution in [-0.4, -0.2) is 37.4 Å². The second kappa shape index (κ2) is 8.92. The molecule has 0 saturated carbocycles. The number of benzene rings is 2. The minimum Gasteiger partial charge on any atom is -0.493 e. The van der Waals surface area contributed by atoms with Crippen molar-refractivity contribution in [3.63, 3.8) is 0 Å². The summed E-state index contributed by atoms with van der Waals surface area (Å²) >= 11 is 0. The van der Waals surface area contributed by atoms with Gasteiger partial charge in [0.15, 0.2) is 11.5 Å². The zero-order chi connectivity index (χ0) is 20.8. The largest absolute Gasteiger partial charge is 0.493 e. The van der Waals surface area contributed by atoms with Crippen LogP contribution in [0, 0.1) is 0 Å². The van der Waals surface area contributed by atoms with Crippen molar-refractivity contribution in [3.05, 3.63) is 64.1 Å². The number of rotatable bonds is 7. The van der Waals surface area contributed by atoms with E-state index in [1.807, 2.05) is 6.07 Å². The van der Waals surface area contributed by atoms with Gasteiger partial charge in [0.05, 0.1) is 39.0 Å². The molecule has 0 unspecified atom stereocenters. The molecule has 0 atom stereocenters. The number of nitrogens with one attached hydrogen (secondary N) is 2. The Balaban J connectivity index is 1.74. The highest BCUT2D eigenvalue weighted by atomic mass is 16.5. The predicted molar refractivity (Wildman–Crippen MR) is 109 cm³/mol. The molecule has 0 fully saturated rings. The Bertz CT molecular complexity index is 1100. The fourth-order valence-corrected chi connectivity index (χ4v) is 2.91. The van der Waals surface area contributed by atoms with Crippen LogP contribution >= 0.6 is 0 Å². The molecule has 8 nitrogen and oxygen atoms in total. The Labute approximate surface area is 167 Å². The normalized spacial score (nSPS) is 10.9. The summed E-state index contributed by atoms with van der Waals surface area (Å²) < 4.78 is 15.9. The molecule has 1 aromatic heterocycles. The number of nitrogens with zero attached hydrogens (tertiary/aromatic N) is 1. The van der Waals surface area contributed by atoms with E-state index in [0.717, 1.165) is 0 Å². The van der Waals surface area contributed by atoms with E-state index in [-0.39, 0.29) is 18.0 Å². The summed E-state index contributed by atoms with van der Waals surface area (Å²) in [5.41, 5.74) is 1.02. The highest BCUT2D eigenvalue weighted by molar-refractivity contribution is 5.92. The topological polar surface area (TPSA) is 103 Å². The van der Waals surface area contributed by atoms with Gasteiger partial charge in [-0.25, -0.2) is 5.10 Å². The maximum atomic E-state index is 12.2. The second-order valence-corrected chi connectivity index (χ2v) is 6.05. The summed E-state index contributed by atoms with van der Waals surface area (Å²) in [5, 5.41) is 10.5. The lowest BCUT2D eigenvalue weighted by atomic mass is 10.1. The Hall–Kier alpha value is -3.81. The molecule has 8 heteroatoms. The van der Waals surface area contributed by atoms with E-state index in [1.165, 1.54) is 27.4 Å². The molecule has 0 bridgehead atoms. The van der Waals surface area contributed by atoms with Gasteiger partial charge in [-0.15, -0.1) is 0 Å². The van der Waals surface area contributed by atoms with E-state index in [9.17, 15) is 9.59 Å². The minimum absolute atomic E-state index is 0.176. The monoisotopic (exact) mass is 395 g/mol. The third kappa shape index (κ3) is 4.37. The first kappa shape index (κ1) is 19.9. The van der Waals surface area contributed by atoms with Gasteiger partial charge < -0.3 is 19.5 Å². The first-order valence-corrected chi connectivity index (χ1v) is 8.79. The van der Waals surface area contributed by atoms with Crippen molar-refractivity contribution in [1.29, 1.82) is 0 Å². The molecule has 0 aliphatic rings. The standard InChI is InChI=1S/C21H21N3O5/c1-27-17-10-13(11-18(28-2)20(17)29-3)8-9-19(25)22-12-16-14-6-4-5-7-15(14)21(26)24-23-16/h4-11H,12H2,1-3H3,(H,22,25)(H,24,26). The van der Waals surface area contributed by atoms with Gasteiger partial charge in [-0.05, 0) is 29.8 Å². The lowest BCUT2D eigenvalue weighted by molar-refractivity contribution is -0.116. The van der Waals surface area contributed by atoms with Gasteiger partial charge in [0, 0.05) is 11.5 Å². The van der Waals surface area contributed by atoms with Crippen molar-refractivity contribution in [3.8, 4) is 17.2 Å². The van der Waals surface area contributed by atoms with Crippen LogP contribution in [-0.2, 0) is 11.3 Å². The number of H-pyrrole nitrogens is 1. The Kier molecular flexibility index (Phi) is 6.13. The summed E-state index contributed by atoms with van der Waals surface area (Å²) in [6.45, 7) is 0.176. The zero-order valence-corrected chi connectivity index (χ0v) is 16.3. The molecule has 1 amide bonds. The quantitative estimate of drug-likeness (QED) is 0.595. The van der Waals surface area contributed by atoms with Gasteiger partial charge in [0.1, 0.15) is 0 Å². The molecule has 150 valence electrons. The molecule has 29 heavy (non-hydrogen) atoms. The minimum atomic E-state index is -0.309. The number of aromatic nitrogens is 2. The number of carbonyl (C=O) groups is 1. The van der Waals surface area contributed by atoms with Crippen LogP contribution < -0.4 is 25.1 Å². The lowest BCUT2D eigenvalue weighted by Crippen LogP contribution is -2.22. The van der Waals surface area contributed by atoms with Crippen molar-refractivity contribution >= 4 is 22.8 Å². The number of methoxy groups -OCH3 is 3. The van der Waals surface area contributed by atoms with Crippen molar-refractivity contribution < 1.29 is 19.0 Å². The molecule has 0 saturated heterocycles. The predicted octanol–water partition coefficient (Wildman–Crippen LogP) is 2.28. The highest BCUT2D eigenvalue weighted by Crippen LogP contribution is 2.38. The van der Waals surface area contributed by atoms with Gasteiger partial charge in [0.2, 0.25) is 11.7 Å². The molecule has 3 rings (SSSR count). The SMILES string of the molecule is COc1cc(C=CC(=O)NCc2n[nH]c(=O)c3ccccc23)cc(OC)c1OC. The number of hydrogen-bond acceptors (Lipinski definition) is 6. The fourth-order valence-electron chi connectivity index (χ4n) is 2.91. The highest BCUT2D eigenvalue weighted by Gasteiger charge is 2.12. The first-order chi connectivity index (χ1) is 14.1. The Morgan fingerprint density at radius 3 is 2.34 bits per heavy atom. The molecule has 0 aliphatic heterocycles. The fraction of sp³-hybridized carbons (Fsp3) is 0.190. The summed E-state index contributed by atoms with van der Waals surface area (Å²) in [5.74, 6) is 1.16. The molecule has 3 aromatic rings. The van der Waals surface area contributed by atoms with Crippen LogP contribution in [0.25, 0.3) is 16.8 Å². The maximum absolute atomic E-state index is 12.2. The van der Waals surface area contributed by atoms with Gasteiger partial charge in [-0.3, -0.25) is 9.59 Å². The van der Waals surface area contributed by atoms with Crippen LogP contribution in [0.5, 0.6) is 17.2 Å². The van der Waals surface area contributed by atoms with E-state index in [0.29, 0.717) is 39.3 Å². The number of ether oxygens (including phenoxy) is 3. The number of amides is 1. The smallest absolute Gasteiger partial charge is 0.272 e. The average Bonchev–Trinajstić information content (AvgIpc) is 2.76. The Morgan fingerprint density at radius 2 is 1.72 bits per heavy atom. The molecule has 2 N–H and O–H groups in total. The van der Waals surface area contributed by atoms with Crippen LogP contribution in [0.15, 0.2) is 47.3 Å². The van der Waals surface area contributed by atoms with Crippen molar-refractivity contribution in [2.24, 2.45) is 0 Å². The average molecular weight is 395 g/mol. The van der Waals surface area contributed by atoms with E-state index >= 15 is 0 Å². The third-order valence-corrected chi connectivity index (χ3v) is 4.32. The number of aromatic amines is 1. The van der Waals surface area contributed by atoms with Crippen LogP contribution in [0.2, 0.25) is 0 Å². The Morgan fingerprint density at radius 1 is 1.07 bits per heavy atom.